The molecule has 1 aromatic carbocycles. The third kappa shape index (κ3) is 4.16. The van der Waals surface area contributed by atoms with Gasteiger partial charge in [-0.05, 0) is 23.7 Å². The number of hydrogen-bond donors (Lipinski definition) is 2. The fourth-order valence-corrected chi connectivity index (χ4v) is 2.43. The molecule has 2 N–H and O–H groups in total. The molecular weight excluding hydrogens is 322 g/mol. The number of aromatic nitrogens is 2. The van der Waals surface area contributed by atoms with Crippen LogP contribution in [0.4, 0.5) is 0 Å². The number of carboxylic acids is 1. The van der Waals surface area contributed by atoms with E-state index in [1.165, 1.54) is 20.4 Å². The number of rotatable bonds is 7. The van der Waals surface area contributed by atoms with Crippen molar-refractivity contribution < 1.29 is 24.2 Å². The zero-order valence-electron chi connectivity index (χ0n) is 12.5. The monoisotopic (exact) mass is 337 g/mol. The fraction of sp³-hybridized carbons (Fsp3) is 0.286. The smallest absolute Gasteiger partial charge is 0.305 e. The Bertz CT molecular complexity index is 690. The van der Waals surface area contributed by atoms with Crippen molar-refractivity contribution in [2.24, 2.45) is 0 Å². The Morgan fingerprint density at radius 2 is 2.13 bits per heavy atom. The van der Waals surface area contributed by atoms with Crippen molar-refractivity contribution in [1.29, 1.82) is 0 Å². The predicted octanol–water partition coefficient (Wildman–Crippen LogP) is 1.50. The van der Waals surface area contributed by atoms with Crippen LogP contribution in [-0.2, 0) is 4.79 Å². The number of aliphatic carboxylic acids is 1. The molecule has 2 aromatic rings. The summed E-state index contributed by atoms with van der Waals surface area (Å²) in [5, 5.41) is 15.4. The summed E-state index contributed by atoms with van der Waals surface area (Å²) in [6.45, 7) is 0. The molecule has 1 heterocycles. The van der Waals surface area contributed by atoms with Crippen LogP contribution in [0.2, 0.25) is 0 Å². The van der Waals surface area contributed by atoms with Gasteiger partial charge < -0.3 is 19.9 Å². The number of carbonyl (C=O) groups excluding carboxylic acids is 1. The summed E-state index contributed by atoms with van der Waals surface area (Å²) < 4.78 is 14.0. The molecule has 1 aromatic heterocycles. The molecule has 0 saturated carbocycles. The van der Waals surface area contributed by atoms with E-state index in [1.807, 2.05) is 0 Å². The molecule has 2 rings (SSSR count). The normalized spacial score (nSPS) is 11.6. The minimum atomic E-state index is -1.05. The second-order valence-electron chi connectivity index (χ2n) is 4.51. The van der Waals surface area contributed by atoms with Gasteiger partial charge in [0.05, 0.1) is 32.9 Å². The van der Waals surface area contributed by atoms with Gasteiger partial charge >= 0.3 is 5.97 Å². The van der Waals surface area contributed by atoms with Gasteiger partial charge in [0.25, 0.3) is 5.91 Å². The van der Waals surface area contributed by atoms with E-state index in [-0.39, 0.29) is 6.42 Å². The third-order valence-electron chi connectivity index (χ3n) is 3.09. The van der Waals surface area contributed by atoms with Gasteiger partial charge in [0.15, 0.2) is 0 Å². The minimum Gasteiger partial charge on any atom is -0.497 e. The first-order chi connectivity index (χ1) is 11.0. The Labute approximate surface area is 136 Å². The van der Waals surface area contributed by atoms with Crippen molar-refractivity contribution in [2.45, 2.75) is 12.5 Å². The quantitative estimate of drug-likeness (QED) is 0.787. The van der Waals surface area contributed by atoms with Crippen molar-refractivity contribution in [3.63, 3.8) is 0 Å². The van der Waals surface area contributed by atoms with Crippen LogP contribution in [0, 0.1) is 0 Å². The standard InChI is InChI=1S/C14H15N3O5S/c1-21-8-3-4-9(11(5-8)22-2)10(6-13(18)19)16-14(20)12-7-15-17-23-12/h3-5,7,10H,6H2,1-2H3,(H,16,20)(H,18,19). The topological polar surface area (TPSA) is 111 Å². The molecule has 0 saturated heterocycles. The lowest BCUT2D eigenvalue weighted by Crippen LogP contribution is -2.30. The third-order valence-corrected chi connectivity index (χ3v) is 3.75. The molecule has 9 heteroatoms. The Hall–Kier alpha value is -2.68. The van der Waals surface area contributed by atoms with Crippen LogP contribution in [0.1, 0.15) is 27.7 Å². The minimum absolute atomic E-state index is 0.291. The molecule has 0 aliphatic heterocycles. The molecule has 122 valence electrons. The van der Waals surface area contributed by atoms with Crippen LogP contribution in [0.5, 0.6) is 11.5 Å². The van der Waals surface area contributed by atoms with E-state index >= 15 is 0 Å². The largest absolute Gasteiger partial charge is 0.497 e. The van der Waals surface area contributed by atoms with Crippen LogP contribution in [-0.4, -0.2) is 40.8 Å². The van der Waals surface area contributed by atoms with Gasteiger partial charge in [-0.2, -0.15) is 0 Å². The Balaban J connectivity index is 2.31. The molecule has 0 fully saturated rings. The zero-order valence-corrected chi connectivity index (χ0v) is 13.3. The molecule has 0 aliphatic carbocycles. The average Bonchev–Trinajstić information content (AvgIpc) is 3.07. The molecule has 0 aliphatic rings. The highest BCUT2D eigenvalue weighted by molar-refractivity contribution is 7.07. The Morgan fingerprint density at radius 1 is 1.35 bits per heavy atom. The van der Waals surface area contributed by atoms with E-state index in [0.29, 0.717) is 21.9 Å². The van der Waals surface area contributed by atoms with Crippen molar-refractivity contribution in [1.82, 2.24) is 14.9 Å². The number of nitrogens with one attached hydrogen (secondary N) is 1. The van der Waals surface area contributed by atoms with E-state index in [4.69, 9.17) is 14.6 Å². The molecule has 1 atom stereocenters. The lowest BCUT2D eigenvalue weighted by Gasteiger charge is -2.20. The zero-order chi connectivity index (χ0) is 16.8. The van der Waals surface area contributed by atoms with Gasteiger partial charge in [-0.15, -0.1) is 5.10 Å². The Morgan fingerprint density at radius 3 is 2.70 bits per heavy atom. The van der Waals surface area contributed by atoms with Crippen molar-refractivity contribution in [3.8, 4) is 11.5 Å². The van der Waals surface area contributed by atoms with Gasteiger partial charge in [-0.3, -0.25) is 9.59 Å². The first-order valence-electron chi connectivity index (χ1n) is 6.57. The highest BCUT2D eigenvalue weighted by atomic mass is 32.1. The summed E-state index contributed by atoms with van der Waals surface area (Å²) >= 11 is 0.931. The first-order valence-corrected chi connectivity index (χ1v) is 7.34. The summed E-state index contributed by atoms with van der Waals surface area (Å²) in [6.07, 6.45) is 1.03. The maximum Gasteiger partial charge on any atom is 0.305 e. The summed E-state index contributed by atoms with van der Waals surface area (Å²) in [7, 11) is 2.98. The van der Waals surface area contributed by atoms with Gasteiger partial charge in [0.1, 0.15) is 16.4 Å². The SMILES string of the molecule is COc1ccc(C(CC(=O)O)NC(=O)c2cnns2)c(OC)c1. The first kappa shape index (κ1) is 16.7. The number of amides is 1. The van der Waals surface area contributed by atoms with Crippen LogP contribution >= 0.6 is 11.5 Å². The molecule has 0 spiro atoms. The van der Waals surface area contributed by atoms with Crippen LogP contribution in [0.3, 0.4) is 0 Å². The van der Waals surface area contributed by atoms with E-state index in [0.717, 1.165) is 11.5 Å². The van der Waals surface area contributed by atoms with Crippen LogP contribution < -0.4 is 14.8 Å². The van der Waals surface area contributed by atoms with Gasteiger partial charge in [0, 0.05) is 11.6 Å². The van der Waals surface area contributed by atoms with Gasteiger partial charge in [0.2, 0.25) is 0 Å². The average molecular weight is 337 g/mol. The fourth-order valence-electron chi connectivity index (χ4n) is 2.02. The van der Waals surface area contributed by atoms with Gasteiger partial charge in [-0.25, -0.2) is 0 Å². The highest BCUT2D eigenvalue weighted by Crippen LogP contribution is 2.31. The van der Waals surface area contributed by atoms with Crippen molar-refractivity contribution in [3.05, 3.63) is 34.8 Å². The molecule has 0 radical (unpaired) electrons. The van der Waals surface area contributed by atoms with E-state index in [2.05, 4.69) is 14.9 Å². The number of carbonyl (C=O) groups is 2. The van der Waals surface area contributed by atoms with Gasteiger partial charge in [-0.1, -0.05) is 4.49 Å². The van der Waals surface area contributed by atoms with E-state index < -0.39 is 17.9 Å². The molecule has 23 heavy (non-hydrogen) atoms. The summed E-state index contributed by atoms with van der Waals surface area (Å²) in [6, 6.07) is 4.21. The number of carboxylic acid groups (broad SMARTS) is 1. The Kier molecular flexibility index (Phi) is 5.47. The molecule has 1 amide bonds. The number of nitrogens with zero attached hydrogens (tertiary/aromatic N) is 2. The maximum atomic E-state index is 12.2. The summed E-state index contributed by atoms with van der Waals surface area (Å²) in [5.41, 5.74) is 0.543. The molecule has 8 nitrogen and oxygen atoms in total. The number of methoxy groups -OCH3 is 2. The summed E-state index contributed by atoms with van der Waals surface area (Å²) in [5.74, 6) is -0.490. The number of hydrogen-bond acceptors (Lipinski definition) is 7. The highest BCUT2D eigenvalue weighted by Gasteiger charge is 2.23. The summed E-state index contributed by atoms with van der Waals surface area (Å²) in [4.78, 5) is 23.6. The lowest BCUT2D eigenvalue weighted by molar-refractivity contribution is -0.137. The maximum absolute atomic E-state index is 12.2. The molecular formula is C14H15N3O5S. The second-order valence-corrected chi connectivity index (χ2v) is 5.30. The van der Waals surface area contributed by atoms with E-state index in [1.54, 1.807) is 18.2 Å². The van der Waals surface area contributed by atoms with E-state index in [9.17, 15) is 9.59 Å². The molecule has 1 unspecified atom stereocenters. The predicted molar refractivity (Wildman–Crippen MR) is 81.9 cm³/mol. The van der Waals surface area contributed by atoms with Crippen LogP contribution in [0.15, 0.2) is 24.4 Å². The van der Waals surface area contributed by atoms with Crippen LogP contribution in [0.25, 0.3) is 0 Å². The second kappa shape index (κ2) is 7.54. The molecule has 0 bridgehead atoms. The van der Waals surface area contributed by atoms with Crippen molar-refractivity contribution >= 4 is 23.4 Å². The number of benzene rings is 1. The van der Waals surface area contributed by atoms with Crippen molar-refractivity contribution in [2.75, 3.05) is 14.2 Å². The lowest BCUT2D eigenvalue weighted by atomic mass is 10.0. The number of ether oxygens (including phenoxy) is 2.